The number of nitrogens with zero attached hydrogens (tertiary/aromatic N) is 1. The molecule has 1 aliphatic rings. The summed E-state index contributed by atoms with van der Waals surface area (Å²) in [5, 5.41) is 3.12. The predicted octanol–water partition coefficient (Wildman–Crippen LogP) is 5.81. The van der Waals surface area contributed by atoms with Gasteiger partial charge in [0.1, 0.15) is 18.0 Å². The number of nitrogens with one attached hydrogen (secondary N) is 2. The molecule has 1 aliphatic heterocycles. The van der Waals surface area contributed by atoms with Crippen molar-refractivity contribution in [1.29, 1.82) is 0 Å². The number of hydrogen-bond acceptors (Lipinski definition) is 6. The summed E-state index contributed by atoms with van der Waals surface area (Å²) in [5.74, 6) is 0.0704. The Balaban J connectivity index is 1.51. The number of amides is 1. The SMILES string of the molecule is COc1ccc(C(=O)Nc2c(Cl)cncc2Cl)cc1OCC1(C)C=C(c2ccc(F)c(C)c2)NO1. The number of pyridine rings is 1. The van der Waals surface area contributed by atoms with Gasteiger partial charge in [-0.3, -0.25) is 20.1 Å². The van der Waals surface area contributed by atoms with E-state index in [0.717, 1.165) is 5.56 Å². The molecule has 35 heavy (non-hydrogen) atoms. The smallest absolute Gasteiger partial charge is 0.255 e. The maximum atomic E-state index is 13.6. The molecule has 3 aromatic rings. The minimum Gasteiger partial charge on any atom is -0.493 e. The number of rotatable bonds is 7. The van der Waals surface area contributed by atoms with E-state index in [0.29, 0.717) is 28.3 Å². The van der Waals surface area contributed by atoms with E-state index < -0.39 is 11.5 Å². The highest BCUT2D eigenvalue weighted by Gasteiger charge is 2.32. The molecule has 0 aliphatic carbocycles. The van der Waals surface area contributed by atoms with Crippen molar-refractivity contribution in [1.82, 2.24) is 10.5 Å². The summed E-state index contributed by atoms with van der Waals surface area (Å²) in [6, 6.07) is 9.58. The van der Waals surface area contributed by atoms with Crippen LogP contribution in [0.4, 0.5) is 10.1 Å². The lowest BCUT2D eigenvalue weighted by molar-refractivity contribution is -0.0476. The summed E-state index contributed by atoms with van der Waals surface area (Å²) >= 11 is 12.2. The molecular weight excluding hydrogens is 496 g/mol. The van der Waals surface area contributed by atoms with Crippen LogP contribution in [0, 0.1) is 12.7 Å². The van der Waals surface area contributed by atoms with E-state index in [1.807, 2.05) is 13.0 Å². The number of benzene rings is 2. The number of anilines is 1. The highest BCUT2D eigenvalue weighted by Crippen LogP contribution is 2.33. The first-order valence-corrected chi connectivity index (χ1v) is 11.3. The highest BCUT2D eigenvalue weighted by atomic mass is 35.5. The van der Waals surface area contributed by atoms with Gasteiger partial charge in [0.05, 0.1) is 28.5 Å². The highest BCUT2D eigenvalue weighted by molar-refractivity contribution is 6.39. The molecule has 4 rings (SSSR count). The second kappa shape index (κ2) is 10.1. The van der Waals surface area contributed by atoms with Gasteiger partial charge < -0.3 is 14.8 Å². The van der Waals surface area contributed by atoms with Crippen LogP contribution in [0.5, 0.6) is 11.5 Å². The Labute approximate surface area is 211 Å². The van der Waals surface area contributed by atoms with E-state index in [1.54, 1.807) is 37.3 Å². The van der Waals surface area contributed by atoms with Gasteiger partial charge in [-0.2, -0.15) is 0 Å². The minimum atomic E-state index is -0.834. The number of aryl methyl sites for hydroxylation is 1. The van der Waals surface area contributed by atoms with Crippen molar-refractivity contribution in [3.05, 3.63) is 87.4 Å². The molecule has 1 amide bonds. The number of carbonyl (C=O) groups is 1. The monoisotopic (exact) mass is 517 g/mol. The number of carbonyl (C=O) groups excluding carboxylic acids is 1. The van der Waals surface area contributed by atoms with Gasteiger partial charge in [0.2, 0.25) is 0 Å². The first kappa shape index (κ1) is 24.8. The Morgan fingerprint density at radius 1 is 1.17 bits per heavy atom. The summed E-state index contributed by atoms with van der Waals surface area (Å²) in [6.45, 7) is 3.64. The summed E-state index contributed by atoms with van der Waals surface area (Å²) in [5.41, 5.74) is 4.63. The second-order valence-corrected chi connectivity index (χ2v) is 8.94. The molecule has 0 saturated carbocycles. The van der Waals surface area contributed by atoms with Crippen LogP contribution < -0.4 is 20.3 Å². The fourth-order valence-electron chi connectivity index (χ4n) is 3.43. The topological polar surface area (TPSA) is 81.7 Å². The molecular formula is C25H22Cl2FN3O4. The van der Waals surface area contributed by atoms with Crippen LogP contribution >= 0.6 is 23.2 Å². The van der Waals surface area contributed by atoms with Gasteiger partial charge in [-0.25, -0.2) is 4.39 Å². The molecule has 0 spiro atoms. The van der Waals surface area contributed by atoms with Crippen molar-refractivity contribution < 1.29 is 23.5 Å². The van der Waals surface area contributed by atoms with Crippen molar-refractivity contribution in [2.45, 2.75) is 19.4 Å². The predicted molar refractivity (Wildman–Crippen MR) is 132 cm³/mol. The maximum absolute atomic E-state index is 13.6. The summed E-state index contributed by atoms with van der Waals surface area (Å²) in [4.78, 5) is 22.4. The van der Waals surface area contributed by atoms with E-state index in [4.69, 9.17) is 37.5 Å². The van der Waals surface area contributed by atoms with E-state index in [1.165, 1.54) is 25.6 Å². The van der Waals surface area contributed by atoms with Crippen molar-refractivity contribution >= 4 is 40.5 Å². The maximum Gasteiger partial charge on any atom is 0.255 e. The lowest BCUT2D eigenvalue weighted by atomic mass is 10.0. The minimum absolute atomic E-state index is 0.104. The Morgan fingerprint density at radius 3 is 2.60 bits per heavy atom. The van der Waals surface area contributed by atoms with Crippen molar-refractivity contribution in [2.75, 3.05) is 19.0 Å². The fraction of sp³-hybridized carbons (Fsp3) is 0.200. The van der Waals surface area contributed by atoms with Gasteiger partial charge in [-0.05, 0) is 61.9 Å². The van der Waals surface area contributed by atoms with Gasteiger partial charge in [-0.15, -0.1) is 0 Å². The first-order valence-electron chi connectivity index (χ1n) is 10.5. The molecule has 0 radical (unpaired) electrons. The van der Waals surface area contributed by atoms with E-state index in [2.05, 4.69) is 15.8 Å². The lowest BCUT2D eigenvalue weighted by Gasteiger charge is -2.21. The molecule has 7 nitrogen and oxygen atoms in total. The van der Waals surface area contributed by atoms with Gasteiger partial charge in [-0.1, -0.05) is 23.2 Å². The molecule has 2 aromatic carbocycles. The van der Waals surface area contributed by atoms with Crippen molar-refractivity contribution in [3.63, 3.8) is 0 Å². The normalized spacial score (nSPS) is 16.9. The van der Waals surface area contributed by atoms with Gasteiger partial charge in [0.15, 0.2) is 11.5 Å². The number of ether oxygens (including phenoxy) is 2. The van der Waals surface area contributed by atoms with E-state index in [-0.39, 0.29) is 28.2 Å². The van der Waals surface area contributed by atoms with Crippen LogP contribution in [-0.4, -0.2) is 30.2 Å². The molecule has 0 fully saturated rings. The van der Waals surface area contributed by atoms with Gasteiger partial charge in [0, 0.05) is 23.5 Å². The lowest BCUT2D eigenvalue weighted by Crippen LogP contribution is -2.33. The van der Waals surface area contributed by atoms with Crippen molar-refractivity contribution in [2.24, 2.45) is 0 Å². The molecule has 1 unspecified atom stereocenters. The zero-order valence-electron chi connectivity index (χ0n) is 19.1. The Hall–Kier alpha value is -3.33. The van der Waals surface area contributed by atoms with Crippen molar-refractivity contribution in [3.8, 4) is 11.5 Å². The Bertz CT molecular complexity index is 1300. The zero-order chi connectivity index (χ0) is 25.2. The molecule has 0 bridgehead atoms. The van der Waals surface area contributed by atoms with Crippen LogP contribution in [0.2, 0.25) is 10.0 Å². The molecule has 1 atom stereocenters. The van der Waals surface area contributed by atoms with Crippen LogP contribution in [0.1, 0.15) is 28.4 Å². The first-order chi connectivity index (χ1) is 16.7. The summed E-state index contributed by atoms with van der Waals surface area (Å²) < 4.78 is 25.0. The Kier molecular flexibility index (Phi) is 7.16. The number of aromatic nitrogens is 1. The summed E-state index contributed by atoms with van der Waals surface area (Å²) in [7, 11) is 1.50. The van der Waals surface area contributed by atoms with Crippen LogP contribution in [0.15, 0.2) is 54.9 Å². The third-order valence-electron chi connectivity index (χ3n) is 5.34. The molecule has 2 heterocycles. The Morgan fingerprint density at radius 2 is 1.91 bits per heavy atom. The third-order valence-corrected chi connectivity index (χ3v) is 5.92. The number of hydrogen-bond donors (Lipinski definition) is 2. The van der Waals surface area contributed by atoms with E-state index >= 15 is 0 Å². The molecule has 10 heteroatoms. The largest absolute Gasteiger partial charge is 0.493 e. The second-order valence-electron chi connectivity index (χ2n) is 8.13. The number of methoxy groups -OCH3 is 1. The van der Waals surface area contributed by atoms with E-state index in [9.17, 15) is 9.18 Å². The quantitative estimate of drug-likeness (QED) is 0.411. The molecule has 0 saturated heterocycles. The zero-order valence-corrected chi connectivity index (χ0v) is 20.6. The summed E-state index contributed by atoms with van der Waals surface area (Å²) in [6.07, 6.45) is 4.63. The third kappa shape index (κ3) is 5.51. The standard InChI is InChI=1S/C25H22Cl2FN3O4/c1-14-8-15(4-6-19(14)28)20-10-25(2,35-31-20)13-34-22-9-16(5-7-21(22)33-3)24(32)30-23-17(26)11-29-12-18(23)27/h4-12,31H,13H2,1-3H3,(H,29,30,32). The van der Waals surface area contributed by atoms with Crippen LogP contribution in [0.3, 0.4) is 0 Å². The molecule has 182 valence electrons. The number of hydroxylamine groups is 1. The van der Waals surface area contributed by atoms with Gasteiger partial charge in [0.25, 0.3) is 5.91 Å². The fourth-order valence-corrected chi connectivity index (χ4v) is 3.89. The molecule has 1 aromatic heterocycles. The van der Waals surface area contributed by atoms with Crippen LogP contribution in [0.25, 0.3) is 5.70 Å². The van der Waals surface area contributed by atoms with Crippen LogP contribution in [-0.2, 0) is 4.84 Å². The molecule has 2 N–H and O–H groups in total. The number of halogens is 3. The average molecular weight is 518 g/mol. The average Bonchev–Trinajstić information content (AvgIpc) is 3.24. The van der Waals surface area contributed by atoms with Gasteiger partial charge >= 0.3 is 0 Å².